The molecule has 4 rings (SSSR count). The molecule has 0 aromatic heterocycles. The fourth-order valence-corrected chi connectivity index (χ4v) is 4.19. The van der Waals surface area contributed by atoms with Gasteiger partial charge in [-0.3, -0.25) is 19.6 Å². The summed E-state index contributed by atoms with van der Waals surface area (Å²) in [5.74, 6) is 0. The van der Waals surface area contributed by atoms with Gasteiger partial charge in [0.25, 0.3) is 0 Å². The van der Waals surface area contributed by atoms with Gasteiger partial charge in [-0.25, -0.2) is 9.59 Å². The Kier molecular flexibility index (Phi) is 4.18. The van der Waals surface area contributed by atoms with Crippen molar-refractivity contribution in [1.29, 1.82) is 0 Å². The van der Waals surface area contributed by atoms with Gasteiger partial charge < -0.3 is 18.9 Å². The molecule has 0 aromatic rings. The van der Waals surface area contributed by atoms with Crippen LogP contribution in [0.15, 0.2) is 0 Å². The highest BCUT2D eigenvalue weighted by atomic mass is 16.8. The number of amides is 4. The zero-order valence-corrected chi connectivity index (χ0v) is 17.7. The van der Waals surface area contributed by atoms with E-state index in [0.29, 0.717) is 0 Å². The van der Waals surface area contributed by atoms with Crippen LogP contribution in [0.4, 0.5) is 9.59 Å². The highest BCUT2D eigenvalue weighted by Gasteiger charge is 2.61. The van der Waals surface area contributed by atoms with Gasteiger partial charge in [0, 0.05) is 25.2 Å². The van der Waals surface area contributed by atoms with Crippen molar-refractivity contribution in [1.82, 2.24) is 19.6 Å². The minimum atomic E-state index is -0.800. The average Bonchev–Trinajstić information content (AvgIpc) is 3.24. The number of rotatable bonds is 1. The Hall–Kier alpha value is -1.62. The van der Waals surface area contributed by atoms with Crippen molar-refractivity contribution >= 4 is 12.1 Å². The van der Waals surface area contributed by atoms with Gasteiger partial charge in [0.2, 0.25) is 12.6 Å². The molecule has 0 radical (unpaired) electrons. The van der Waals surface area contributed by atoms with Crippen LogP contribution in [0, 0.1) is 0 Å². The molecular formula is C18H30N4O6. The zero-order chi connectivity index (χ0) is 20.8. The van der Waals surface area contributed by atoms with Crippen LogP contribution in [0.25, 0.3) is 0 Å². The second-order valence-corrected chi connectivity index (χ2v) is 9.71. The van der Waals surface area contributed by atoms with Crippen molar-refractivity contribution in [2.45, 2.75) is 90.1 Å². The third kappa shape index (κ3) is 2.69. The summed E-state index contributed by atoms with van der Waals surface area (Å²) in [6.07, 6.45) is -3.77. The lowest BCUT2D eigenvalue weighted by Gasteiger charge is -2.36. The minimum absolute atomic E-state index is 0.143. The monoisotopic (exact) mass is 398 g/mol. The number of carbonyl (C=O) groups excluding carboxylic acids is 2. The maximum absolute atomic E-state index is 12.6. The summed E-state index contributed by atoms with van der Waals surface area (Å²) >= 11 is 0. The highest BCUT2D eigenvalue weighted by Crippen LogP contribution is 2.42. The van der Waals surface area contributed by atoms with Gasteiger partial charge in [0.15, 0.2) is 24.9 Å². The third-order valence-corrected chi connectivity index (χ3v) is 5.54. The Balaban J connectivity index is 1.51. The van der Waals surface area contributed by atoms with Gasteiger partial charge in [-0.15, -0.1) is 0 Å². The molecule has 0 saturated carbocycles. The van der Waals surface area contributed by atoms with Crippen LogP contribution in [0.3, 0.4) is 0 Å². The predicted molar refractivity (Wildman–Crippen MR) is 96.6 cm³/mol. The number of fused-ring (bicyclic) bond motifs is 2. The maximum Gasteiger partial charge on any atom is 0.324 e. The summed E-state index contributed by atoms with van der Waals surface area (Å²) in [6.45, 7) is 11.7. The van der Waals surface area contributed by atoms with E-state index in [0.717, 1.165) is 0 Å². The quantitative estimate of drug-likeness (QED) is 0.663. The first-order valence-electron chi connectivity index (χ1n) is 9.56. The number of urea groups is 2. The summed E-state index contributed by atoms with van der Waals surface area (Å²) in [5.41, 5.74) is -0.848. The topological polar surface area (TPSA) is 84.0 Å². The van der Waals surface area contributed by atoms with Crippen molar-refractivity contribution in [3.8, 4) is 0 Å². The SMILES string of the molecule is CN1C(=O)N(C(C)(C)C)[C@@H]2O[C@H]([C@H]3O[C@@H]4[C@@H](O3)N(C(C)(C)C)C(=O)N4C)O[C@H]21. The van der Waals surface area contributed by atoms with Crippen molar-refractivity contribution in [3.63, 3.8) is 0 Å². The smallest absolute Gasteiger partial charge is 0.319 e. The summed E-state index contributed by atoms with van der Waals surface area (Å²) in [5, 5.41) is 0. The molecule has 6 atom stereocenters. The number of likely N-dealkylation sites (N-methyl/N-ethyl adjacent to an activating group) is 2. The molecule has 0 spiro atoms. The van der Waals surface area contributed by atoms with E-state index in [1.807, 2.05) is 41.5 Å². The predicted octanol–water partition coefficient (Wildman–Crippen LogP) is 1.37. The highest BCUT2D eigenvalue weighted by molar-refractivity contribution is 5.78. The van der Waals surface area contributed by atoms with Crippen LogP contribution in [-0.2, 0) is 18.9 Å². The Morgan fingerprint density at radius 2 is 0.893 bits per heavy atom. The Morgan fingerprint density at radius 1 is 0.607 bits per heavy atom. The fraction of sp³-hybridized carbons (Fsp3) is 0.889. The van der Waals surface area contributed by atoms with E-state index < -0.39 is 48.6 Å². The summed E-state index contributed by atoms with van der Waals surface area (Å²) < 4.78 is 24.1. The number of hydrogen-bond acceptors (Lipinski definition) is 6. The lowest BCUT2D eigenvalue weighted by molar-refractivity contribution is -0.245. The molecule has 10 nitrogen and oxygen atoms in total. The van der Waals surface area contributed by atoms with Crippen LogP contribution in [0.5, 0.6) is 0 Å². The first-order valence-corrected chi connectivity index (χ1v) is 9.56. The zero-order valence-electron chi connectivity index (χ0n) is 17.7. The lowest BCUT2D eigenvalue weighted by atomic mass is 10.1. The van der Waals surface area contributed by atoms with E-state index in [2.05, 4.69) is 0 Å². The molecule has 4 saturated heterocycles. The van der Waals surface area contributed by atoms with Gasteiger partial charge >= 0.3 is 12.1 Å². The number of nitrogens with zero attached hydrogens (tertiary/aromatic N) is 4. The molecule has 4 aliphatic heterocycles. The van der Waals surface area contributed by atoms with Crippen LogP contribution in [-0.4, -0.2) is 94.3 Å². The fourth-order valence-electron chi connectivity index (χ4n) is 4.19. The summed E-state index contributed by atoms with van der Waals surface area (Å²) in [4.78, 5) is 31.5. The van der Waals surface area contributed by atoms with Crippen molar-refractivity contribution in [2.24, 2.45) is 0 Å². The van der Waals surface area contributed by atoms with Crippen molar-refractivity contribution in [2.75, 3.05) is 14.1 Å². The molecular weight excluding hydrogens is 368 g/mol. The normalized spacial score (nSPS) is 38.7. The molecule has 4 amide bonds. The van der Waals surface area contributed by atoms with Crippen molar-refractivity contribution < 1.29 is 28.5 Å². The molecule has 28 heavy (non-hydrogen) atoms. The molecule has 4 aliphatic rings. The van der Waals surface area contributed by atoms with E-state index in [4.69, 9.17) is 18.9 Å². The summed E-state index contributed by atoms with van der Waals surface area (Å²) in [6, 6.07) is -0.286. The molecule has 0 aliphatic carbocycles. The molecule has 4 fully saturated rings. The van der Waals surface area contributed by atoms with Gasteiger partial charge in [-0.2, -0.15) is 0 Å². The average molecular weight is 398 g/mol. The van der Waals surface area contributed by atoms with Gasteiger partial charge in [0.05, 0.1) is 0 Å². The van der Waals surface area contributed by atoms with Crippen LogP contribution in [0.2, 0.25) is 0 Å². The minimum Gasteiger partial charge on any atom is -0.319 e. The maximum atomic E-state index is 12.6. The number of carbonyl (C=O) groups is 2. The number of hydrogen-bond donors (Lipinski definition) is 0. The largest absolute Gasteiger partial charge is 0.324 e. The van der Waals surface area contributed by atoms with Gasteiger partial charge in [-0.1, -0.05) is 0 Å². The first-order chi connectivity index (χ1) is 12.8. The van der Waals surface area contributed by atoms with E-state index in [-0.39, 0.29) is 12.1 Å². The Morgan fingerprint density at radius 3 is 1.18 bits per heavy atom. The molecule has 0 N–H and O–H groups in total. The standard InChI is InChI=1S/C18H30N4O6/c1-17(2,3)21-11-9(19(7)15(21)23)25-13(27-11)14-26-10-12(28-14)22(18(4,5)6)16(24)20(10)8/h9-14H,1-8H3/t9-,10-,11-,12-,13-,14+/m1/s1. The molecule has 158 valence electrons. The summed E-state index contributed by atoms with van der Waals surface area (Å²) in [7, 11) is 3.38. The van der Waals surface area contributed by atoms with Crippen molar-refractivity contribution in [3.05, 3.63) is 0 Å². The second-order valence-electron chi connectivity index (χ2n) is 9.71. The Bertz CT molecular complexity index is 631. The van der Waals surface area contributed by atoms with E-state index >= 15 is 0 Å². The molecule has 0 unspecified atom stereocenters. The van der Waals surface area contributed by atoms with E-state index in [9.17, 15) is 9.59 Å². The third-order valence-electron chi connectivity index (χ3n) is 5.54. The Labute approximate surface area is 165 Å². The second kappa shape index (κ2) is 5.94. The molecule has 10 heteroatoms. The first kappa shape index (κ1) is 19.7. The lowest BCUT2D eigenvalue weighted by Crippen LogP contribution is -2.50. The van der Waals surface area contributed by atoms with E-state index in [1.165, 1.54) is 9.80 Å². The molecule has 4 heterocycles. The van der Waals surface area contributed by atoms with E-state index in [1.54, 1.807) is 23.9 Å². The van der Waals surface area contributed by atoms with Crippen LogP contribution in [0.1, 0.15) is 41.5 Å². The van der Waals surface area contributed by atoms with Gasteiger partial charge in [0.1, 0.15) is 0 Å². The number of ether oxygens (including phenoxy) is 4. The van der Waals surface area contributed by atoms with Crippen LogP contribution >= 0.6 is 0 Å². The van der Waals surface area contributed by atoms with Crippen LogP contribution < -0.4 is 0 Å². The molecule has 0 bridgehead atoms. The molecule has 0 aromatic carbocycles. The van der Waals surface area contributed by atoms with Gasteiger partial charge in [-0.05, 0) is 41.5 Å².